The first kappa shape index (κ1) is 12.8. The first-order chi connectivity index (χ1) is 10.1. The Bertz CT molecular complexity index is 928. The lowest BCUT2D eigenvalue weighted by molar-refractivity contribution is 0.772. The van der Waals surface area contributed by atoms with Gasteiger partial charge in [0.15, 0.2) is 10.8 Å². The zero-order chi connectivity index (χ0) is 14.6. The number of rotatable bonds is 2. The minimum absolute atomic E-state index is 0.555. The first-order valence-corrected chi connectivity index (χ1v) is 7.81. The molecule has 0 fully saturated rings. The van der Waals surface area contributed by atoms with Crippen molar-refractivity contribution in [3.05, 3.63) is 16.9 Å². The lowest BCUT2D eigenvalue weighted by Gasteiger charge is -1.96. The molecule has 0 bridgehead atoms. The topological polar surface area (TPSA) is 86.7 Å². The highest BCUT2D eigenvalue weighted by molar-refractivity contribution is 7.19. The molecule has 0 aromatic carbocycles. The van der Waals surface area contributed by atoms with Crippen molar-refractivity contribution in [1.29, 1.82) is 0 Å². The Kier molecular flexibility index (Phi) is 2.77. The second-order valence-corrected chi connectivity index (χ2v) is 6.39. The van der Waals surface area contributed by atoms with E-state index in [0.717, 1.165) is 21.3 Å². The normalized spacial score (nSPS) is 11.6. The van der Waals surface area contributed by atoms with Gasteiger partial charge < -0.3 is 0 Å². The van der Waals surface area contributed by atoms with E-state index in [4.69, 9.17) is 11.6 Å². The minimum Gasteiger partial charge on any atom is -0.264 e. The number of aromatic nitrogens is 8. The molecule has 4 aromatic rings. The van der Waals surface area contributed by atoms with Crippen LogP contribution in [0.25, 0.3) is 26.4 Å². The van der Waals surface area contributed by atoms with Gasteiger partial charge in [-0.05, 0) is 18.5 Å². The van der Waals surface area contributed by atoms with E-state index in [1.54, 1.807) is 15.4 Å². The number of hydrogen-bond acceptors (Lipinski definition) is 8. The van der Waals surface area contributed by atoms with Crippen molar-refractivity contribution in [3.8, 4) is 21.4 Å². The molecule has 21 heavy (non-hydrogen) atoms. The Morgan fingerprint density at radius 2 is 2.10 bits per heavy atom. The zero-order valence-electron chi connectivity index (χ0n) is 10.8. The Morgan fingerprint density at radius 3 is 2.76 bits per heavy atom. The SMILES string of the molecule is Cc1nnsc1-c1nnc2sc(-c3c(Cl)cnn3C)nn12. The molecule has 0 N–H and O–H groups in total. The van der Waals surface area contributed by atoms with Crippen LogP contribution in [0.15, 0.2) is 6.20 Å². The third kappa shape index (κ3) is 1.87. The molecule has 4 aromatic heterocycles. The van der Waals surface area contributed by atoms with E-state index in [1.807, 2.05) is 14.0 Å². The summed E-state index contributed by atoms with van der Waals surface area (Å²) in [6.07, 6.45) is 1.59. The van der Waals surface area contributed by atoms with Gasteiger partial charge in [0, 0.05) is 7.05 Å². The molecular weight excluding hydrogens is 332 g/mol. The van der Waals surface area contributed by atoms with Crippen LogP contribution in [0.2, 0.25) is 5.02 Å². The van der Waals surface area contributed by atoms with Crippen molar-refractivity contribution < 1.29 is 0 Å². The van der Waals surface area contributed by atoms with E-state index in [9.17, 15) is 0 Å². The zero-order valence-corrected chi connectivity index (χ0v) is 13.2. The Hall–Kier alpha value is -1.91. The highest BCUT2D eigenvalue weighted by Crippen LogP contribution is 2.32. The summed E-state index contributed by atoms with van der Waals surface area (Å²) >= 11 is 8.83. The average Bonchev–Trinajstić information content (AvgIpc) is 3.16. The van der Waals surface area contributed by atoms with Gasteiger partial charge in [-0.15, -0.1) is 15.3 Å². The number of aryl methyl sites for hydroxylation is 2. The highest BCUT2D eigenvalue weighted by atomic mass is 35.5. The van der Waals surface area contributed by atoms with Gasteiger partial charge in [0.25, 0.3) is 0 Å². The predicted molar refractivity (Wildman–Crippen MR) is 79.5 cm³/mol. The van der Waals surface area contributed by atoms with E-state index in [-0.39, 0.29) is 0 Å². The van der Waals surface area contributed by atoms with Crippen molar-refractivity contribution >= 4 is 39.4 Å². The summed E-state index contributed by atoms with van der Waals surface area (Å²) in [6.45, 7) is 1.88. The maximum Gasteiger partial charge on any atom is 0.235 e. The fraction of sp³-hybridized carbons (Fsp3) is 0.200. The van der Waals surface area contributed by atoms with Gasteiger partial charge in [-0.1, -0.05) is 27.4 Å². The van der Waals surface area contributed by atoms with Crippen LogP contribution in [0.4, 0.5) is 0 Å². The molecule has 8 nitrogen and oxygen atoms in total. The predicted octanol–water partition coefficient (Wildman–Crippen LogP) is 2.07. The minimum atomic E-state index is 0.555. The Balaban J connectivity index is 1.93. The largest absolute Gasteiger partial charge is 0.264 e. The van der Waals surface area contributed by atoms with Crippen LogP contribution in [-0.4, -0.2) is 39.2 Å². The van der Waals surface area contributed by atoms with Crippen LogP contribution in [-0.2, 0) is 7.05 Å². The summed E-state index contributed by atoms with van der Waals surface area (Å²) in [5.41, 5.74) is 1.57. The standard InChI is InChI=1S/C10H7ClN8S2/c1-4-7(21-17-13-4)8-14-15-10-19(8)16-9(20-10)6-5(11)3-12-18(6)2/h3H,1-2H3. The molecule has 0 spiro atoms. The molecular formula is C10H7ClN8S2. The van der Waals surface area contributed by atoms with Crippen molar-refractivity contribution in [3.63, 3.8) is 0 Å². The third-order valence-electron chi connectivity index (χ3n) is 2.94. The van der Waals surface area contributed by atoms with E-state index >= 15 is 0 Å². The summed E-state index contributed by atoms with van der Waals surface area (Å²) in [7, 11) is 1.82. The van der Waals surface area contributed by atoms with E-state index in [0.29, 0.717) is 15.8 Å². The first-order valence-electron chi connectivity index (χ1n) is 5.84. The van der Waals surface area contributed by atoms with Gasteiger partial charge in [0.05, 0.1) is 16.9 Å². The molecule has 0 atom stereocenters. The molecule has 0 saturated carbocycles. The smallest absolute Gasteiger partial charge is 0.235 e. The monoisotopic (exact) mass is 338 g/mol. The lowest BCUT2D eigenvalue weighted by atomic mass is 10.4. The van der Waals surface area contributed by atoms with E-state index < -0.39 is 0 Å². The maximum absolute atomic E-state index is 6.16. The molecule has 0 aliphatic heterocycles. The summed E-state index contributed by atoms with van der Waals surface area (Å²) in [4.78, 5) is 1.54. The third-order valence-corrected chi connectivity index (χ3v) is 4.95. The molecule has 106 valence electrons. The van der Waals surface area contributed by atoms with E-state index in [1.165, 1.54) is 22.9 Å². The fourth-order valence-corrected chi connectivity index (χ4v) is 3.81. The molecule has 0 radical (unpaired) electrons. The summed E-state index contributed by atoms with van der Waals surface area (Å²) < 4.78 is 7.29. The molecule has 11 heteroatoms. The van der Waals surface area contributed by atoms with E-state index in [2.05, 4.69) is 30.0 Å². The average molecular weight is 339 g/mol. The van der Waals surface area contributed by atoms with Crippen molar-refractivity contribution in [2.45, 2.75) is 6.92 Å². The van der Waals surface area contributed by atoms with Gasteiger partial charge >= 0.3 is 0 Å². The van der Waals surface area contributed by atoms with Gasteiger partial charge in [-0.25, -0.2) is 0 Å². The number of nitrogens with zero attached hydrogens (tertiary/aromatic N) is 8. The van der Waals surface area contributed by atoms with Gasteiger partial charge in [-0.2, -0.15) is 14.7 Å². The van der Waals surface area contributed by atoms with Crippen LogP contribution in [0.1, 0.15) is 5.69 Å². The van der Waals surface area contributed by atoms with Crippen molar-refractivity contribution in [1.82, 2.24) is 39.2 Å². The molecule has 0 aliphatic rings. The molecule has 4 rings (SSSR count). The Labute approximate surface area is 131 Å². The summed E-state index contributed by atoms with van der Waals surface area (Å²) in [5.74, 6) is 0.637. The van der Waals surface area contributed by atoms with Gasteiger partial charge in [-0.3, -0.25) is 4.68 Å². The second kappa shape index (κ2) is 4.55. The summed E-state index contributed by atoms with van der Waals surface area (Å²) in [5, 5.41) is 22.3. The highest BCUT2D eigenvalue weighted by Gasteiger charge is 2.20. The maximum atomic E-state index is 6.16. The Morgan fingerprint density at radius 1 is 1.24 bits per heavy atom. The molecule has 0 unspecified atom stereocenters. The molecule has 0 amide bonds. The summed E-state index contributed by atoms with van der Waals surface area (Å²) in [6, 6.07) is 0. The van der Waals surface area contributed by atoms with Gasteiger partial charge in [0.2, 0.25) is 4.96 Å². The van der Waals surface area contributed by atoms with Crippen LogP contribution in [0.3, 0.4) is 0 Å². The fourth-order valence-electron chi connectivity index (χ4n) is 1.94. The number of fused-ring (bicyclic) bond motifs is 1. The van der Waals surface area contributed by atoms with Crippen molar-refractivity contribution in [2.24, 2.45) is 7.05 Å². The number of halogens is 1. The lowest BCUT2D eigenvalue weighted by Crippen LogP contribution is -1.95. The van der Waals surface area contributed by atoms with Crippen LogP contribution < -0.4 is 0 Å². The molecule has 0 aliphatic carbocycles. The number of hydrogen-bond donors (Lipinski definition) is 0. The molecule has 4 heterocycles. The van der Waals surface area contributed by atoms with Crippen LogP contribution in [0, 0.1) is 6.92 Å². The molecule has 0 saturated heterocycles. The van der Waals surface area contributed by atoms with Gasteiger partial charge in [0.1, 0.15) is 10.6 Å². The van der Waals surface area contributed by atoms with Crippen LogP contribution in [0.5, 0.6) is 0 Å². The quantitative estimate of drug-likeness (QED) is 0.556. The van der Waals surface area contributed by atoms with Crippen LogP contribution >= 0.6 is 34.5 Å². The van der Waals surface area contributed by atoms with Crippen molar-refractivity contribution in [2.75, 3.05) is 0 Å². The second-order valence-electron chi connectivity index (χ2n) is 4.28.